The van der Waals surface area contributed by atoms with Crippen LogP contribution in [0, 0.1) is 6.92 Å². The molecule has 10 fully saturated rings. The molecule has 4 heteroatoms. The van der Waals surface area contributed by atoms with Crippen LogP contribution in [0.5, 0.6) is 5.75 Å². The molecule has 4 atom stereocenters. The first-order valence-corrected chi connectivity index (χ1v) is 15.6. The molecule has 1 aromatic heterocycles. The summed E-state index contributed by atoms with van der Waals surface area (Å²) in [6, 6.07) is 5.34. The third-order valence-corrected chi connectivity index (χ3v) is 59.4. The molecule has 0 radical (unpaired) electrons. The van der Waals surface area contributed by atoms with Gasteiger partial charge in [-0.25, -0.2) is 0 Å². The molecule has 1 spiro atoms. The Bertz CT molecular complexity index is 1560. The fourth-order valence-electron chi connectivity index (χ4n) is 18.4. The number of aromatic hydroxyl groups is 1. The van der Waals surface area contributed by atoms with E-state index < -0.39 is 6.51 Å². The number of fused-ring (bicyclic) bond motifs is 11. The Morgan fingerprint density at radius 1 is 1.04 bits per heavy atom. The van der Waals surface area contributed by atoms with E-state index in [9.17, 15) is 9.90 Å². The average molecular weight is 360 g/mol. The molecule has 1 aromatic carbocycles. The Labute approximate surface area is 127 Å². The predicted molar refractivity (Wildman–Crippen MR) is 84.3 cm³/mol. The van der Waals surface area contributed by atoms with E-state index >= 15 is 0 Å². The molecule has 4 unspecified atom stereocenters. The number of benzene rings is 1. The predicted octanol–water partition coefficient (Wildman–Crippen LogP) is 4.60. The monoisotopic (exact) mass is 360 g/mol. The van der Waals surface area contributed by atoms with Gasteiger partial charge in [-0.1, -0.05) is 0 Å². The van der Waals surface area contributed by atoms with Gasteiger partial charge in [-0.15, -0.1) is 0 Å². The zero-order valence-corrected chi connectivity index (χ0v) is 14.1. The van der Waals surface area contributed by atoms with Crippen molar-refractivity contribution in [2.24, 2.45) is 0 Å². The van der Waals surface area contributed by atoms with E-state index in [1.165, 1.54) is 33.7 Å². The van der Waals surface area contributed by atoms with Crippen molar-refractivity contribution in [3.05, 3.63) is 39.7 Å². The van der Waals surface area contributed by atoms with Gasteiger partial charge in [-0.3, -0.25) is 0 Å². The molecule has 12 rings (SSSR count). The van der Waals surface area contributed by atoms with Gasteiger partial charge in [0.25, 0.3) is 0 Å². The van der Waals surface area contributed by atoms with E-state index in [1.807, 2.05) is 19.1 Å². The van der Waals surface area contributed by atoms with Gasteiger partial charge >= 0.3 is 127 Å². The van der Waals surface area contributed by atoms with Crippen molar-refractivity contribution in [3.8, 4) is 5.75 Å². The Balaban J connectivity index is 1.36. The van der Waals surface area contributed by atoms with Crippen LogP contribution in [-0.2, 0) is 10.8 Å². The molecule has 1 N–H and O–H groups in total. The third kappa shape index (κ3) is 0.133. The SMILES string of the molecule is Cc1ccc(O)c2c(=O)cc([C]34[CH]5[CH]6[CH]7[CH]3[Fe]6754389%10[CH]4[CH]3[CH]8[CH]9[CH]4%10)oc12. The number of phenolic OH excluding ortho intramolecular Hbond substituents is 1. The minimum atomic E-state index is -3.30. The standard InChI is InChI=1S/C15H11O3.C5H5.Fe/c1-9-6-7-11(16)14-12(17)8-13(18-15(9)14)10-4-2-3-5-10;1-2-4-5-3-1;/h2-8,16H,1H3;1-5H;. The summed E-state index contributed by atoms with van der Waals surface area (Å²) < 4.78 is 7.02. The summed E-state index contributed by atoms with van der Waals surface area (Å²) in [5, 5.41) is 10.6. The van der Waals surface area contributed by atoms with Crippen LogP contribution in [0.3, 0.4) is 0 Å². The van der Waals surface area contributed by atoms with Crippen LogP contribution < -0.4 is 5.43 Å². The van der Waals surface area contributed by atoms with Gasteiger partial charge < -0.3 is 0 Å². The Hall–Kier alpha value is -1.25. The molecule has 122 valence electrons. The van der Waals surface area contributed by atoms with Crippen LogP contribution >= 0.6 is 0 Å². The molecule has 3 nitrogen and oxygen atoms in total. The van der Waals surface area contributed by atoms with E-state index in [4.69, 9.17) is 4.42 Å². The van der Waals surface area contributed by atoms with Crippen molar-refractivity contribution in [2.45, 2.75) is 54.6 Å². The van der Waals surface area contributed by atoms with Gasteiger partial charge in [-0.2, -0.15) is 0 Å². The summed E-state index contributed by atoms with van der Waals surface area (Å²) in [5.74, 6) is 1.18. The first-order valence-electron chi connectivity index (χ1n) is 9.33. The fourth-order valence-corrected chi connectivity index (χ4v) is 92.3. The van der Waals surface area contributed by atoms with Crippen LogP contribution in [0.4, 0.5) is 0 Å². The van der Waals surface area contributed by atoms with Crippen molar-refractivity contribution >= 4 is 11.0 Å². The van der Waals surface area contributed by atoms with Crippen LogP contribution in [-0.4, -0.2) is 5.11 Å². The second kappa shape index (κ2) is 0.960. The minimum absolute atomic E-state index is 0.0107. The Morgan fingerprint density at radius 3 is 2.17 bits per heavy atom. The van der Waals surface area contributed by atoms with Crippen molar-refractivity contribution in [1.29, 1.82) is 0 Å². The molecule has 0 saturated carbocycles. The normalized spacial score (nSPS) is 88.0. The Morgan fingerprint density at radius 2 is 1.67 bits per heavy atom. The molecule has 24 heavy (non-hydrogen) atoms. The van der Waals surface area contributed by atoms with Crippen LogP contribution in [0.25, 0.3) is 11.0 Å². The topological polar surface area (TPSA) is 50.4 Å². The molecule has 11 heterocycles. The van der Waals surface area contributed by atoms with E-state index in [2.05, 4.69) is 0 Å². The number of hydrogen-bond acceptors (Lipinski definition) is 3. The second-order valence-corrected chi connectivity index (χ2v) is 36.3. The van der Waals surface area contributed by atoms with Gasteiger partial charge in [0.05, 0.1) is 0 Å². The summed E-state index contributed by atoms with van der Waals surface area (Å²) >= 11 is 0. The van der Waals surface area contributed by atoms with Gasteiger partial charge in [0.2, 0.25) is 0 Å². The fraction of sp³-hybridized carbons (Fsp3) is 0.550. The summed E-state index contributed by atoms with van der Waals surface area (Å²) in [5.41, 5.74) is 1.63. The van der Waals surface area contributed by atoms with Crippen molar-refractivity contribution in [3.63, 3.8) is 0 Å². The van der Waals surface area contributed by atoms with E-state index in [0.717, 1.165) is 21.0 Å². The maximum absolute atomic E-state index is 12.9. The zero-order chi connectivity index (χ0) is 15.3. The van der Waals surface area contributed by atoms with Gasteiger partial charge in [0, 0.05) is 0 Å². The van der Waals surface area contributed by atoms with Gasteiger partial charge in [0.1, 0.15) is 0 Å². The number of phenols is 1. The second-order valence-electron chi connectivity index (χ2n) is 12.8. The van der Waals surface area contributed by atoms with Gasteiger partial charge in [-0.05, 0) is 0 Å². The third-order valence-electron chi connectivity index (χ3n) is 17.1. The van der Waals surface area contributed by atoms with E-state index in [0.29, 0.717) is 15.3 Å². The Kier molecular flexibility index (Phi) is 0.378. The van der Waals surface area contributed by atoms with Crippen LogP contribution in [0.1, 0.15) is 11.3 Å². The number of hydrogen-bond donors (Lipinski definition) is 1. The molecule has 0 amide bonds. The van der Waals surface area contributed by atoms with Crippen molar-refractivity contribution < 1.29 is 16.0 Å². The number of rotatable bonds is 1. The first kappa shape index (κ1) is 9.45. The first-order chi connectivity index (χ1) is 11.3. The van der Waals surface area contributed by atoms with Crippen molar-refractivity contribution in [2.75, 3.05) is 0 Å². The zero-order valence-electron chi connectivity index (χ0n) is 13.0. The van der Waals surface area contributed by atoms with Crippen LogP contribution in [0.2, 0.25) is 43.3 Å². The quantitative estimate of drug-likeness (QED) is 0.756. The average Bonchev–Trinajstić information content (AvgIpc) is 3.51. The summed E-state index contributed by atoms with van der Waals surface area (Å²) in [7, 11) is 0. The molecule has 10 aliphatic rings. The molecule has 0 aliphatic carbocycles. The molecular formula is C20H16FeO3. The molecular weight excluding hydrogens is 344 g/mol. The molecule has 10 aliphatic heterocycles. The molecule has 2 aromatic rings. The van der Waals surface area contributed by atoms with Crippen LogP contribution in [0.15, 0.2) is 27.4 Å². The summed E-state index contributed by atoms with van der Waals surface area (Å²) in [4.78, 5) is 23.6. The number of aryl methyl sites for hydroxylation is 1. The van der Waals surface area contributed by atoms with E-state index in [-0.39, 0.29) is 11.2 Å². The van der Waals surface area contributed by atoms with E-state index in [1.54, 1.807) is 6.07 Å². The molecule has 10 saturated heterocycles. The maximum atomic E-state index is 12.9. The van der Waals surface area contributed by atoms with Crippen molar-refractivity contribution in [1.82, 2.24) is 0 Å². The molecule has 0 bridgehead atoms. The van der Waals surface area contributed by atoms with Gasteiger partial charge in [0.15, 0.2) is 0 Å². The summed E-state index contributed by atoms with van der Waals surface area (Å²) in [6.45, 7) is -1.31. The summed E-state index contributed by atoms with van der Waals surface area (Å²) in [6.07, 6.45) is 0.